The molecule has 8 nitrogen and oxygen atoms in total. The molecule has 0 aliphatic carbocycles. The number of ether oxygens (including phenoxy) is 2. The molecule has 180 valence electrons. The third kappa shape index (κ3) is 5.41. The van der Waals surface area contributed by atoms with Crippen molar-refractivity contribution in [3.8, 4) is 5.75 Å². The van der Waals surface area contributed by atoms with Crippen LogP contribution in [0, 0.1) is 6.92 Å². The van der Waals surface area contributed by atoms with E-state index in [9.17, 15) is 9.59 Å². The number of para-hydroxylation sites is 1. The van der Waals surface area contributed by atoms with Crippen molar-refractivity contribution in [2.75, 3.05) is 25.6 Å². The third-order valence-electron chi connectivity index (χ3n) is 6.13. The van der Waals surface area contributed by atoms with Crippen LogP contribution in [0.25, 0.3) is 0 Å². The van der Waals surface area contributed by atoms with Crippen LogP contribution in [-0.4, -0.2) is 46.7 Å². The van der Waals surface area contributed by atoms with Crippen LogP contribution in [0.3, 0.4) is 0 Å². The molecule has 0 saturated carbocycles. The molecule has 34 heavy (non-hydrogen) atoms. The molecule has 0 radical (unpaired) electrons. The van der Waals surface area contributed by atoms with Gasteiger partial charge in [-0.15, -0.1) is 11.3 Å². The first kappa shape index (κ1) is 23.8. The Morgan fingerprint density at radius 3 is 2.88 bits per heavy atom. The van der Waals surface area contributed by atoms with E-state index in [0.717, 1.165) is 33.2 Å². The SMILES string of the molecule is COc1ccccc1C(C)CC(=O)Nc1sc2c(c1C)CCN(C(=O)OCCn1ccnc1)C2. The molecule has 0 bridgehead atoms. The second-order valence-electron chi connectivity index (χ2n) is 8.44. The smallest absolute Gasteiger partial charge is 0.410 e. The van der Waals surface area contributed by atoms with E-state index < -0.39 is 0 Å². The average Bonchev–Trinajstić information content (AvgIpc) is 3.46. The number of hydrogen-bond acceptors (Lipinski definition) is 6. The lowest BCUT2D eigenvalue weighted by atomic mass is 9.96. The number of amides is 2. The number of aromatic nitrogens is 2. The number of carbonyl (C=O) groups excluding carboxylic acids is 2. The van der Waals surface area contributed by atoms with Crippen molar-refractivity contribution < 1.29 is 19.1 Å². The molecule has 1 N–H and O–H groups in total. The minimum atomic E-state index is -0.312. The molecule has 2 aromatic heterocycles. The van der Waals surface area contributed by atoms with E-state index in [0.29, 0.717) is 32.7 Å². The minimum absolute atomic E-state index is 0.0265. The first-order valence-corrected chi connectivity index (χ1v) is 12.2. The van der Waals surface area contributed by atoms with E-state index in [1.165, 1.54) is 5.56 Å². The summed E-state index contributed by atoms with van der Waals surface area (Å²) in [5.74, 6) is 0.789. The van der Waals surface area contributed by atoms with E-state index in [2.05, 4.69) is 10.3 Å². The summed E-state index contributed by atoms with van der Waals surface area (Å²) in [6, 6.07) is 7.79. The van der Waals surface area contributed by atoms with Crippen molar-refractivity contribution in [2.45, 2.75) is 45.7 Å². The Kier molecular flexibility index (Phi) is 7.52. The molecule has 9 heteroatoms. The number of nitrogens with zero attached hydrogens (tertiary/aromatic N) is 3. The number of rotatable bonds is 8. The van der Waals surface area contributed by atoms with Crippen LogP contribution in [0.2, 0.25) is 0 Å². The number of imidazole rings is 1. The molecule has 0 spiro atoms. The number of methoxy groups -OCH3 is 1. The number of benzene rings is 1. The van der Waals surface area contributed by atoms with Crippen LogP contribution in [0.5, 0.6) is 5.75 Å². The molecular formula is C25H30N4O4S. The number of anilines is 1. The van der Waals surface area contributed by atoms with Crippen LogP contribution in [0.4, 0.5) is 9.80 Å². The fourth-order valence-electron chi connectivity index (χ4n) is 4.22. The average molecular weight is 483 g/mol. The summed E-state index contributed by atoms with van der Waals surface area (Å²) in [5.41, 5.74) is 3.33. The summed E-state index contributed by atoms with van der Waals surface area (Å²) in [7, 11) is 1.64. The fourth-order valence-corrected chi connectivity index (χ4v) is 5.51. The van der Waals surface area contributed by atoms with Gasteiger partial charge in [0, 0.05) is 30.2 Å². The molecule has 1 atom stereocenters. The van der Waals surface area contributed by atoms with Crippen molar-refractivity contribution in [2.24, 2.45) is 0 Å². The summed E-state index contributed by atoms with van der Waals surface area (Å²) >= 11 is 1.55. The highest BCUT2D eigenvalue weighted by Gasteiger charge is 2.27. The van der Waals surface area contributed by atoms with Gasteiger partial charge in [0.25, 0.3) is 0 Å². The number of fused-ring (bicyclic) bond motifs is 1. The maximum absolute atomic E-state index is 12.8. The number of hydrogen-bond donors (Lipinski definition) is 1. The van der Waals surface area contributed by atoms with Crippen LogP contribution in [0.1, 0.15) is 40.8 Å². The van der Waals surface area contributed by atoms with Crippen molar-refractivity contribution >= 4 is 28.3 Å². The van der Waals surface area contributed by atoms with Gasteiger partial charge in [0.2, 0.25) is 5.91 Å². The van der Waals surface area contributed by atoms with E-state index in [4.69, 9.17) is 9.47 Å². The zero-order valence-corrected chi connectivity index (χ0v) is 20.6. The lowest BCUT2D eigenvalue weighted by Crippen LogP contribution is -2.36. The minimum Gasteiger partial charge on any atom is -0.496 e. The number of carbonyl (C=O) groups is 2. The highest BCUT2D eigenvalue weighted by molar-refractivity contribution is 7.16. The Hall–Kier alpha value is -3.33. The molecule has 4 rings (SSSR count). The van der Waals surface area contributed by atoms with E-state index in [1.54, 1.807) is 35.9 Å². The van der Waals surface area contributed by atoms with E-state index in [-0.39, 0.29) is 17.9 Å². The van der Waals surface area contributed by atoms with Crippen molar-refractivity contribution in [1.82, 2.24) is 14.5 Å². The molecule has 0 fully saturated rings. The Labute approximate surface area is 203 Å². The third-order valence-corrected chi connectivity index (χ3v) is 7.36. The van der Waals surface area contributed by atoms with Crippen LogP contribution in [-0.2, 0) is 29.0 Å². The largest absolute Gasteiger partial charge is 0.496 e. The summed E-state index contributed by atoms with van der Waals surface area (Å²) in [4.78, 5) is 32.1. The van der Waals surface area contributed by atoms with Crippen LogP contribution >= 0.6 is 11.3 Å². The molecule has 1 aromatic carbocycles. The molecule has 1 aliphatic rings. The molecule has 1 unspecified atom stereocenters. The zero-order chi connectivity index (χ0) is 24.1. The summed E-state index contributed by atoms with van der Waals surface area (Å²) < 4.78 is 12.7. The Balaban J connectivity index is 1.33. The normalized spacial score (nSPS) is 13.8. The molecule has 0 saturated heterocycles. The van der Waals surface area contributed by atoms with Crippen molar-refractivity contribution in [1.29, 1.82) is 0 Å². The maximum atomic E-state index is 12.8. The van der Waals surface area contributed by atoms with Gasteiger partial charge >= 0.3 is 6.09 Å². The fraction of sp³-hybridized carbons (Fsp3) is 0.400. The van der Waals surface area contributed by atoms with Gasteiger partial charge < -0.3 is 24.3 Å². The van der Waals surface area contributed by atoms with E-state index >= 15 is 0 Å². The van der Waals surface area contributed by atoms with Gasteiger partial charge in [-0.25, -0.2) is 9.78 Å². The lowest BCUT2D eigenvalue weighted by molar-refractivity contribution is -0.116. The number of nitrogens with one attached hydrogen (secondary N) is 1. The van der Waals surface area contributed by atoms with Gasteiger partial charge in [-0.3, -0.25) is 4.79 Å². The van der Waals surface area contributed by atoms with Gasteiger partial charge in [0.15, 0.2) is 0 Å². The molecule has 3 heterocycles. The molecule has 1 aliphatic heterocycles. The van der Waals surface area contributed by atoms with Gasteiger partial charge in [0.05, 0.1) is 31.5 Å². The quantitative estimate of drug-likeness (QED) is 0.508. The molecule has 3 aromatic rings. The summed E-state index contributed by atoms with van der Waals surface area (Å²) in [6.45, 7) is 6.04. The van der Waals surface area contributed by atoms with Crippen LogP contribution < -0.4 is 10.1 Å². The molecule has 2 amide bonds. The molecular weight excluding hydrogens is 452 g/mol. The predicted molar refractivity (Wildman–Crippen MR) is 131 cm³/mol. The second-order valence-corrected chi connectivity index (χ2v) is 9.54. The first-order valence-electron chi connectivity index (χ1n) is 11.4. The predicted octanol–water partition coefficient (Wildman–Crippen LogP) is 4.59. The monoisotopic (exact) mass is 482 g/mol. The first-order chi connectivity index (χ1) is 16.5. The van der Waals surface area contributed by atoms with Crippen LogP contribution in [0.15, 0.2) is 43.0 Å². The van der Waals surface area contributed by atoms with Crippen molar-refractivity contribution in [3.63, 3.8) is 0 Å². The summed E-state index contributed by atoms with van der Waals surface area (Å²) in [5, 5.41) is 3.95. The zero-order valence-electron chi connectivity index (χ0n) is 19.7. The van der Waals surface area contributed by atoms with Gasteiger partial charge in [-0.1, -0.05) is 25.1 Å². The second kappa shape index (κ2) is 10.7. The van der Waals surface area contributed by atoms with Gasteiger partial charge in [-0.05, 0) is 42.0 Å². The number of thiophene rings is 1. The van der Waals surface area contributed by atoms with Gasteiger partial charge in [-0.2, -0.15) is 0 Å². The van der Waals surface area contributed by atoms with Gasteiger partial charge in [0.1, 0.15) is 12.4 Å². The lowest BCUT2D eigenvalue weighted by Gasteiger charge is -2.26. The highest BCUT2D eigenvalue weighted by atomic mass is 32.1. The Bertz CT molecular complexity index is 1140. The Morgan fingerprint density at radius 1 is 1.29 bits per heavy atom. The summed E-state index contributed by atoms with van der Waals surface area (Å²) in [6.07, 6.45) is 6.03. The topological polar surface area (TPSA) is 85.7 Å². The van der Waals surface area contributed by atoms with E-state index in [1.807, 2.05) is 48.9 Å². The maximum Gasteiger partial charge on any atom is 0.410 e. The Morgan fingerprint density at radius 2 is 2.12 bits per heavy atom. The highest BCUT2D eigenvalue weighted by Crippen LogP contribution is 2.37. The standard InChI is InChI=1S/C25H30N4O4S/c1-17(19-6-4-5-7-21(19)32-3)14-23(30)27-24-18(2)20-8-10-29(15-22(20)34-24)25(31)33-13-12-28-11-9-26-16-28/h4-7,9,11,16-17H,8,10,12-15H2,1-3H3,(H,27,30). The van der Waals surface area contributed by atoms with Crippen molar-refractivity contribution in [3.05, 3.63) is 64.6 Å².